The monoisotopic (exact) mass is 483 g/mol. The van der Waals surface area contributed by atoms with Crippen LogP contribution >= 0.6 is 23.2 Å². The van der Waals surface area contributed by atoms with E-state index in [4.69, 9.17) is 27.6 Å². The van der Waals surface area contributed by atoms with Crippen LogP contribution in [0.15, 0.2) is 47.0 Å². The van der Waals surface area contributed by atoms with Crippen molar-refractivity contribution in [3.05, 3.63) is 64.2 Å². The summed E-state index contributed by atoms with van der Waals surface area (Å²) in [4.78, 5) is 31.9. The number of likely N-dealkylation sites (tertiary alicyclic amines) is 1. The molecule has 0 saturated carbocycles. The van der Waals surface area contributed by atoms with Gasteiger partial charge >= 0.3 is 0 Å². The van der Waals surface area contributed by atoms with Gasteiger partial charge in [-0.15, -0.1) is 10.2 Å². The van der Waals surface area contributed by atoms with E-state index in [2.05, 4.69) is 15.2 Å². The summed E-state index contributed by atoms with van der Waals surface area (Å²) >= 11 is 12.2. The van der Waals surface area contributed by atoms with Crippen molar-refractivity contribution in [2.45, 2.75) is 12.8 Å². The van der Waals surface area contributed by atoms with Crippen molar-refractivity contribution in [3.63, 3.8) is 0 Å². The van der Waals surface area contributed by atoms with Gasteiger partial charge in [-0.2, -0.15) is 0 Å². The highest BCUT2D eigenvalue weighted by Gasteiger charge is 2.32. The Bertz CT molecular complexity index is 1370. The average Bonchev–Trinajstić information content (AvgIpc) is 3.43. The predicted molar refractivity (Wildman–Crippen MR) is 123 cm³/mol. The summed E-state index contributed by atoms with van der Waals surface area (Å²) in [6.07, 6.45) is 2.59. The Labute approximate surface area is 199 Å². The molecule has 33 heavy (non-hydrogen) atoms. The third-order valence-corrected chi connectivity index (χ3v) is 6.51. The van der Waals surface area contributed by atoms with Crippen LogP contribution in [0.2, 0.25) is 10.0 Å². The minimum atomic E-state index is -0.298. The molecule has 1 amide bonds. The van der Waals surface area contributed by atoms with Crippen molar-refractivity contribution in [3.8, 4) is 11.6 Å². The standard InChI is InChI=1S/C23H19Cl2N5O3/c1-29-17-5-4-15(24)11-14(17)12-18(29)23(32)30-9-6-13(7-10-30)20(31)22-28-27-21(33-22)19-16(25)3-2-8-26-19/h2-5,8,11-13H,6-7,9-10H2,1H3. The normalized spacial score (nSPS) is 14.7. The van der Waals surface area contributed by atoms with Crippen LogP contribution in [0.25, 0.3) is 22.5 Å². The van der Waals surface area contributed by atoms with Crippen LogP contribution < -0.4 is 0 Å². The molecule has 1 saturated heterocycles. The number of hydrogen-bond donors (Lipinski definition) is 0. The first-order chi connectivity index (χ1) is 15.9. The molecule has 1 fully saturated rings. The maximum Gasteiger partial charge on any atom is 0.284 e. The van der Waals surface area contributed by atoms with E-state index in [1.807, 2.05) is 29.8 Å². The van der Waals surface area contributed by atoms with E-state index in [0.717, 1.165) is 10.9 Å². The van der Waals surface area contributed by atoms with Gasteiger partial charge in [0, 0.05) is 48.2 Å². The second kappa shape index (κ2) is 8.61. The Hall–Kier alpha value is -3.23. The first-order valence-electron chi connectivity index (χ1n) is 10.4. The molecular formula is C23H19Cl2N5O3. The largest absolute Gasteiger partial charge is 0.412 e. The summed E-state index contributed by atoms with van der Waals surface area (Å²) < 4.78 is 7.42. The van der Waals surface area contributed by atoms with E-state index in [-0.39, 0.29) is 29.4 Å². The van der Waals surface area contributed by atoms with Gasteiger partial charge in [-0.25, -0.2) is 4.98 Å². The van der Waals surface area contributed by atoms with Crippen molar-refractivity contribution >= 4 is 45.8 Å². The molecule has 4 aromatic rings. The summed E-state index contributed by atoms with van der Waals surface area (Å²) in [5, 5.41) is 9.72. The number of piperidine rings is 1. The molecule has 168 valence electrons. The van der Waals surface area contributed by atoms with Gasteiger partial charge in [-0.05, 0) is 49.2 Å². The number of aromatic nitrogens is 4. The van der Waals surface area contributed by atoms with E-state index in [9.17, 15) is 9.59 Å². The van der Waals surface area contributed by atoms with E-state index in [1.54, 1.807) is 29.3 Å². The number of amides is 1. The third-order valence-electron chi connectivity index (χ3n) is 5.97. The Morgan fingerprint density at radius 2 is 1.88 bits per heavy atom. The second-order valence-corrected chi connectivity index (χ2v) is 8.81. The molecule has 0 spiro atoms. The molecule has 10 heteroatoms. The molecule has 1 aromatic carbocycles. The molecule has 0 N–H and O–H groups in total. The highest BCUT2D eigenvalue weighted by atomic mass is 35.5. The molecule has 0 bridgehead atoms. The molecule has 0 aliphatic carbocycles. The maximum atomic E-state index is 13.1. The molecule has 8 nitrogen and oxygen atoms in total. The van der Waals surface area contributed by atoms with E-state index < -0.39 is 0 Å². The minimum absolute atomic E-state index is 0.0675. The van der Waals surface area contributed by atoms with Crippen LogP contribution in [0.1, 0.15) is 34.0 Å². The number of benzene rings is 1. The fourth-order valence-corrected chi connectivity index (χ4v) is 4.55. The molecular weight excluding hydrogens is 465 g/mol. The third kappa shape index (κ3) is 4.00. The van der Waals surface area contributed by atoms with Gasteiger partial charge in [0.05, 0.1) is 5.02 Å². The number of hydrogen-bond acceptors (Lipinski definition) is 6. The average molecular weight is 484 g/mol. The van der Waals surface area contributed by atoms with Gasteiger partial charge in [-0.1, -0.05) is 23.2 Å². The molecule has 0 atom stereocenters. The summed E-state index contributed by atoms with van der Waals surface area (Å²) in [5.74, 6) is -0.560. The van der Waals surface area contributed by atoms with Crippen LogP contribution in [0, 0.1) is 5.92 Å². The van der Waals surface area contributed by atoms with Crippen LogP contribution in [0.5, 0.6) is 0 Å². The molecule has 1 aliphatic heterocycles. The van der Waals surface area contributed by atoms with Crippen molar-refractivity contribution in [1.82, 2.24) is 24.6 Å². The first-order valence-corrected chi connectivity index (χ1v) is 11.2. The predicted octanol–water partition coefficient (Wildman–Crippen LogP) is 4.67. The summed E-state index contributed by atoms with van der Waals surface area (Å²) in [7, 11) is 1.86. The number of nitrogens with zero attached hydrogens (tertiary/aromatic N) is 5. The second-order valence-electron chi connectivity index (χ2n) is 7.97. The lowest BCUT2D eigenvalue weighted by molar-refractivity contribution is 0.0634. The van der Waals surface area contributed by atoms with Gasteiger partial charge in [0.1, 0.15) is 11.4 Å². The number of rotatable bonds is 4. The number of pyridine rings is 1. The van der Waals surface area contributed by atoms with E-state index in [0.29, 0.717) is 47.4 Å². The highest BCUT2D eigenvalue weighted by Crippen LogP contribution is 2.28. The summed E-state index contributed by atoms with van der Waals surface area (Å²) in [5.41, 5.74) is 1.86. The molecule has 5 rings (SSSR count). The zero-order valence-corrected chi connectivity index (χ0v) is 19.2. The maximum absolute atomic E-state index is 13.1. The number of Topliss-reactive ketones (excluding diaryl/α,β-unsaturated/α-hetero) is 1. The number of carbonyl (C=O) groups excluding carboxylic acids is 2. The number of aryl methyl sites for hydroxylation is 1. The lowest BCUT2D eigenvalue weighted by atomic mass is 9.92. The quantitative estimate of drug-likeness (QED) is 0.391. The summed E-state index contributed by atoms with van der Waals surface area (Å²) in [6, 6.07) is 10.7. The summed E-state index contributed by atoms with van der Waals surface area (Å²) in [6.45, 7) is 0.926. The molecule has 4 heterocycles. The highest BCUT2D eigenvalue weighted by molar-refractivity contribution is 6.32. The van der Waals surface area contributed by atoms with Crippen LogP contribution in [0.4, 0.5) is 0 Å². The molecule has 1 aliphatic rings. The zero-order valence-electron chi connectivity index (χ0n) is 17.7. The van der Waals surface area contributed by atoms with Crippen molar-refractivity contribution < 1.29 is 14.0 Å². The van der Waals surface area contributed by atoms with Gasteiger partial charge in [0.25, 0.3) is 17.7 Å². The lowest BCUT2D eigenvalue weighted by Crippen LogP contribution is -2.41. The Balaban J connectivity index is 1.27. The number of fused-ring (bicyclic) bond motifs is 1. The van der Waals surface area contributed by atoms with Crippen molar-refractivity contribution in [2.24, 2.45) is 13.0 Å². The van der Waals surface area contributed by atoms with Crippen molar-refractivity contribution in [1.29, 1.82) is 0 Å². The number of ketones is 1. The number of carbonyl (C=O) groups is 2. The van der Waals surface area contributed by atoms with Gasteiger partial charge in [0.15, 0.2) is 0 Å². The fourth-order valence-electron chi connectivity index (χ4n) is 4.17. The minimum Gasteiger partial charge on any atom is -0.412 e. The van der Waals surface area contributed by atoms with E-state index >= 15 is 0 Å². The van der Waals surface area contributed by atoms with Crippen LogP contribution in [0.3, 0.4) is 0 Å². The first kappa shape index (κ1) is 21.6. The molecule has 0 radical (unpaired) electrons. The Morgan fingerprint density at radius 3 is 2.64 bits per heavy atom. The molecule has 0 unspecified atom stereocenters. The molecule has 3 aromatic heterocycles. The topological polar surface area (TPSA) is 94.1 Å². The Kier molecular flexibility index (Phi) is 5.64. The smallest absolute Gasteiger partial charge is 0.284 e. The zero-order chi connectivity index (χ0) is 23.1. The van der Waals surface area contributed by atoms with Crippen LogP contribution in [-0.2, 0) is 7.05 Å². The lowest BCUT2D eigenvalue weighted by Gasteiger charge is -2.30. The van der Waals surface area contributed by atoms with Gasteiger partial charge < -0.3 is 13.9 Å². The van der Waals surface area contributed by atoms with Gasteiger partial charge in [-0.3, -0.25) is 9.59 Å². The number of halogens is 2. The van der Waals surface area contributed by atoms with Gasteiger partial charge in [0.2, 0.25) is 5.78 Å². The SMILES string of the molecule is Cn1c(C(=O)N2CCC(C(=O)c3nnc(-c4ncccc4Cl)o3)CC2)cc2cc(Cl)ccc21. The van der Waals surface area contributed by atoms with Crippen LogP contribution in [-0.4, -0.2) is 49.4 Å². The fraction of sp³-hybridized carbons (Fsp3) is 0.261. The Morgan fingerprint density at radius 1 is 1.09 bits per heavy atom. The van der Waals surface area contributed by atoms with Crippen molar-refractivity contribution in [2.75, 3.05) is 13.1 Å². The van der Waals surface area contributed by atoms with E-state index in [1.165, 1.54) is 0 Å².